The standard InChI is InChI=1S/C24H34O2Si/c1-7-8-9-10-13-27(5,6)18-15-21(25)23-19-14-17(2)11-12-20(19)24(3,4)26-22(23)16-18/h11-12,14-16,25H,7-10,13H2,1-6H3. The number of unbranched alkanes of at least 4 members (excludes halogenated alkanes) is 3. The van der Waals surface area contributed by atoms with Crippen LogP contribution in [0.25, 0.3) is 11.1 Å². The van der Waals surface area contributed by atoms with Gasteiger partial charge < -0.3 is 9.84 Å². The maximum Gasteiger partial charge on any atom is 0.132 e. The van der Waals surface area contributed by atoms with Crippen LogP contribution in [-0.4, -0.2) is 13.2 Å². The van der Waals surface area contributed by atoms with Crippen LogP contribution in [0.4, 0.5) is 0 Å². The summed E-state index contributed by atoms with van der Waals surface area (Å²) in [5.74, 6) is 1.20. The topological polar surface area (TPSA) is 29.5 Å². The highest BCUT2D eigenvalue weighted by molar-refractivity contribution is 6.89. The quantitative estimate of drug-likeness (QED) is 0.457. The molecule has 27 heavy (non-hydrogen) atoms. The lowest BCUT2D eigenvalue weighted by Crippen LogP contribution is -2.41. The van der Waals surface area contributed by atoms with E-state index in [1.807, 2.05) is 6.07 Å². The molecule has 0 amide bonds. The normalized spacial score (nSPS) is 15.0. The van der Waals surface area contributed by atoms with Crippen molar-refractivity contribution >= 4 is 13.3 Å². The van der Waals surface area contributed by atoms with Crippen LogP contribution in [0.15, 0.2) is 30.3 Å². The van der Waals surface area contributed by atoms with Crippen LogP contribution in [0.1, 0.15) is 57.6 Å². The summed E-state index contributed by atoms with van der Waals surface area (Å²) in [5, 5.41) is 12.3. The lowest BCUT2D eigenvalue weighted by molar-refractivity contribution is 0.105. The summed E-state index contributed by atoms with van der Waals surface area (Å²) in [6, 6.07) is 11.9. The van der Waals surface area contributed by atoms with Gasteiger partial charge in [0.05, 0.1) is 13.6 Å². The van der Waals surface area contributed by atoms with Crippen molar-refractivity contribution in [3.63, 3.8) is 0 Å². The number of phenolic OH excluding ortho intramolecular Hbond substituents is 1. The van der Waals surface area contributed by atoms with Crippen LogP contribution in [-0.2, 0) is 5.60 Å². The molecule has 2 nitrogen and oxygen atoms in total. The molecule has 0 radical (unpaired) electrons. The van der Waals surface area contributed by atoms with Crippen molar-refractivity contribution in [3.8, 4) is 22.6 Å². The summed E-state index contributed by atoms with van der Waals surface area (Å²) < 4.78 is 6.41. The van der Waals surface area contributed by atoms with Crippen molar-refractivity contribution in [1.82, 2.24) is 0 Å². The molecule has 0 fully saturated rings. The summed E-state index contributed by atoms with van der Waals surface area (Å²) >= 11 is 0. The SMILES string of the molecule is CCCCCC[Si](C)(C)c1cc(O)c2c(c1)OC(C)(C)c1ccc(C)cc1-2. The Labute approximate surface area is 165 Å². The molecule has 0 atom stereocenters. The Morgan fingerprint density at radius 1 is 1.04 bits per heavy atom. The van der Waals surface area contributed by atoms with Crippen molar-refractivity contribution in [2.24, 2.45) is 0 Å². The lowest BCUT2D eigenvalue weighted by atomic mass is 9.85. The zero-order chi connectivity index (χ0) is 19.8. The van der Waals surface area contributed by atoms with Gasteiger partial charge in [-0.2, -0.15) is 0 Å². The Balaban J connectivity index is 2.02. The molecule has 0 unspecified atom stereocenters. The molecule has 2 aromatic rings. The number of aromatic hydroxyl groups is 1. The Hall–Kier alpha value is -1.74. The zero-order valence-electron chi connectivity index (χ0n) is 17.8. The van der Waals surface area contributed by atoms with E-state index in [1.54, 1.807) is 0 Å². The minimum Gasteiger partial charge on any atom is -0.507 e. The molecular formula is C24H34O2Si. The van der Waals surface area contributed by atoms with Gasteiger partial charge in [0.2, 0.25) is 0 Å². The molecule has 0 saturated heterocycles. The van der Waals surface area contributed by atoms with E-state index in [0.29, 0.717) is 5.75 Å². The van der Waals surface area contributed by atoms with Crippen molar-refractivity contribution < 1.29 is 9.84 Å². The van der Waals surface area contributed by atoms with Crippen molar-refractivity contribution in [2.45, 2.75) is 78.1 Å². The van der Waals surface area contributed by atoms with Crippen LogP contribution in [0.5, 0.6) is 11.5 Å². The van der Waals surface area contributed by atoms with Crippen LogP contribution < -0.4 is 9.92 Å². The number of aryl methyl sites for hydroxylation is 1. The molecule has 1 aliphatic heterocycles. The van der Waals surface area contributed by atoms with Gasteiger partial charge in [0.15, 0.2) is 0 Å². The molecule has 146 valence electrons. The van der Waals surface area contributed by atoms with Crippen molar-refractivity contribution in [1.29, 1.82) is 0 Å². The maximum atomic E-state index is 11.0. The summed E-state index contributed by atoms with van der Waals surface area (Å²) in [5.41, 5.74) is 3.90. The zero-order valence-corrected chi connectivity index (χ0v) is 18.8. The molecule has 1 aliphatic rings. The Morgan fingerprint density at radius 3 is 2.48 bits per heavy atom. The molecule has 2 aromatic carbocycles. The fourth-order valence-electron chi connectivity index (χ4n) is 4.20. The Morgan fingerprint density at radius 2 is 1.78 bits per heavy atom. The first-order valence-electron chi connectivity index (χ1n) is 10.3. The molecule has 3 rings (SSSR count). The van der Waals surface area contributed by atoms with E-state index in [0.717, 1.165) is 22.4 Å². The summed E-state index contributed by atoms with van der Waals surface area (Å²) in [4.78, 5) is 0. The molecular weight excluding hydrogens is 348 g/mol. The van der Waals surface area contributed by atoms with Crippen LogP contribution in [0.2, 0.25) is 19.1 Å². The maximum absolute atomic E-state index is 11.0. The van der Waals surface area contributed by atoms with Crippen molar-refractivity contribution in [2.75, 3.05) is 0 Å². The number of ether oxygens (including phenoxy) is 1. The van der Waals surface area contributed by atoms with E-state index in [-0.39, 0.29) is 0 Å². The fraction of sp³-hybridized carbons (Fsp3) is 0.500. The first-order chi connectivity index (χ1) is 12.7. The van der Waals surface area contributed by atoms with Gasteiger partial charge in [0.1, 0.15) is 17.1 Å². The number of phenols is 1. The number of fused-ring (bicyclic) bond motifs is 3. The van der Waals surface area contributed by atoms with Gasteiger partial charge in [0, 0.05) is 5.56 Å². The minimum atomic E-state index is -1.61. The molecule has 0 saturated carbocycles. The van der Waals surface area contributed by atoms with Gasteiger partial charge in [-0.1, -0.05) is 80.7 Å². The van der Waals surface area contributed by atoms with Gasteiger partial charge >= 0.3 is 0 Å². The van der Waals surface area contributed by atoms with Crippen LogP contribution >= 0.6 is 0 Å². The Kier molecular flexibility index (Phi) is 5.44. The molecule has 0 bridgehead atoms. The summed E-state index contributed by atoms with van der Waals surface area (Å²) in [6.45, 7) is 13.4. The summed E-state index contributed by atoms with van der Waals surface area (Å²) in [6.07, 6.45) is 5.16. The number of rotatable bonds is 6. The second kappa shape index (κ2) is 7.35. The van der Waals surface area contributed by atoms with Gasteiger partial charge in [-0.15, -0.1) is 0 Å². The average Bonchev–Trinajstić information content (AvgIpc) is 2.57. The van der Waals surface area contributed by atoms with Gasteiger partial charge in [0.25, 0.3) is 0 Å². The fourth-order valence-corrected chi connectivity index (χ4v) is 6.67. The molecule has 3 heteroatoms. The molecule has 1 heterocycles. The van der Waals surface area contributed by atoms with E-state index in [2.05, 4.69) is 65.1 Å². The van der Waals surface area contributed by atoms with E-state index < -0.39 is 13.7 Å². The summed E-state index contributed by atoms with van der Waals surface area (Å²) in [7, 11) is -1.61. The van der Waals surface area contributed by atoms with Gasteiger partial charge in [-0.25, -0.2) is 0 Å². The molecule has 1 N–H and O–H groups in total. The number of hydrogen-bond donors (Lipinski definition) is 1. The number of benzene rings is 2. The largest absolute Gasteiger partial charge is 0.507 e. The highest BCUT2D eigenvalue weighted by Gasteiger charge is 2.35. The highest BCUT2D eigenvalue weighted by atomic mass is 28.3. The first kappa shape index (κ1) is 20.0. The van der Waals surface area contributed by atoms with Crippen LogP contribution in [0, 0.1) is 6.92 Å². The second-order valence-corrected chi connectivity index (χ2v) is 14.1. The number of hydrogen-bond acceptors (Lipinski definition) is 2. The second-order valence-electron chi connectivity index (χ2n) is 9.22. The van der Waals surface area contributed by atoms with E-state index in [9.17, 15) is 5.11 Å². The third-order valence-electron chi connectivity index (χ3n) is 5.98. The molecule has 0 spiro atoms. The third-order valence-corrected chi connectivity index (χ3v) is 9.43. The lowest BCUT2D eigenvalue weighted by Gasteiger charge is -2.36. The predicted molar refractivity (Wildman–Crippen MR) is 118 cm³/mol. The van der Waals surface area contributed by atoms with E-state index in [1.165, 1.54) is 42.5 Å². The smallest absolute Gasteiger partial charge is 0.132 e. The van der Waals surface area contributed by atoms with E-state index in [4.69, 9.17) is 4.74 Å². The molecule has 0 aromatic heterocycles. The van der Waals surface area contributed by atoms with Crippen LogP contribution in [0.3, 0.4) is 0 Å². The van der Waals surface area contributed by atoms with Crippen molar-refractivity contribution in [3.05, 3.63) is 41.5 Å². The highest BCUT2D eigenvalue weighted by Crippen LogP contribution is 2.49. The van der Waals surface area contributed by atoms with Gasteiger partial charge in [-0.05, 0) is 38.5 Å². The Bertz CT molecular complexity index is 837. The predicted octanol–water partition coefficient (Wildman–Crippen LogP) is 6.49. The van der Waals surface area contributed by atoms with Gasteiger partial charge in [-0.3, -0.25) is 0 Å². The third kappa shape index (κ3) is 3.94. The minimum absolute atomic E-state index is 0.360. The van der Waals surface area contributed by atoms with E-state index >= 15 is 0 Å². The molecule has 0 aliphatic carbocycles. The monoisotopic (exact) mass is 382 g/mol. The first-order valence-corrected chi connectivity index (χ1v) is 13.5. The average molecular weight is 383 g/mol.